The van der Waals surface area contributed by atoms with Gasteiger partial charge in [-0.3, -0.25) is 9.52 Å². The van der Waals surface area contributed by atoms with E-state index in [1.165, 1.54) is 17.7 Å². The maximum absolute atomic E-state index is 12.7. The molecular formula is C24H26N2O3S. The Balaban J connectivity index is 1.71. The highest BCUT2D eigenvalue weighted by Gasteiger charge is 2.17. The number of carbonyl (C=O) groups is 1. The number of benzene rings is 3. The lowest BCUT2D eigenvalue weighted by molar-refractivity contribution is 0.0935. The van der Waals surface area contributed by atoms with Crippen LogP contribution in [-0.4, -0.2) is 14.3 Å². The summed E-state index contributed by atoms with van der Waals surface area (Å²) in [6.45, 7) is 6.13. The lowest BCUT2D eigenvalue weighted by Crippen LogP contribution is -2.28. The van der Waals surface area contributed by atoms with Crippen molar-refractivity contribution in [2.45, 2.75) is 38.1 Å². The van der Waals surface area contributed by atoms with Crippen LogP contribution in [0.3, 0.4) is 0 Å². The topological polar surface area (TPSA) is 75.3 Å². The summed E-state index contributed by atoms with van der Waals surface area (Å²) in [7, 11) is -3.66. The van der Waals surface area contributed by atoms with Crippen LogP contribution < -0.4 is 10.0 Å². The molecule has 1 atom stereocenters. The second-order valence-electron chi connectivity index (χ2n) is 7.29. The van der Waals surface area contributed by atoms with Crippen molar-refractivity contribution in [3.63, 3.8) is 0 Å². The summed E-state index contributed by atoms with van der Waals surface area (Å²) in [5.74, 6) is -0.195. The van der Waals surface area contributed by atoms with Crippen molar-refractivity contribution in [1.82, 2.24) is 5.32 Å². The van der Waals surface area contributed by atoms with Gasteiger partial charge in [0.05, 0.1) is 10.9 Å². The van der Waals surface area contributed by atoms with Crippen LogP contribution in [0, 0.1) is 13.8 Å². The summed E-state index contributed by atoms with van der Waals surface area (Å²) in [6, 6.07) is 20.7. The number of rotatable bonds is 7. The van der Waals surface area contributed by atoms with Crippen molar-refractivity contribution in [3.8, 4) is 0 Å². The van der Waals surface area contributed by atoms with Crippen LogP contribution in [-0.2, 0) is 10.0 Å². The molecule has 30 heavy (non-hydrogen) atoms. The average molecular weight is 423 g/mol. The molecule has 0 saturated heterocycles. The number of amides is 1. The van der Waals surface area contributed by atoms with E-state index < -0.39 is 10.0 Å². The van der Waals surface area contributed by atoms with E-state index in [2.05, 4.69) is 22.2 Å². The number of nitrogens with one attached hydrogen (secondary N) is 2. The molecule has 1 amide bonds. The van der Waals surface area contributed by atoms with Gasteiger partial charge in [0.25, 0.3) is 15.9 Å². The molecular weight excluding hydrogens is 396 g/mol. The van der Waals surface area contributed by atoms with E-state index in [4.69, 9.17) is 0 Å². The van der Waals surface area contributed by atoms with Crippen molar-refractivity contribution in [3.05, 3.63) is 95.1 Å². The molecule has 0 aliphatic carbocycles. The number of aryl methyl sites for hydroxylation is 2. The maximum Gasteiger partial charge on any atom is 0.261 e. The molecule has 0 aliphatic rings. The fourth-order valence-corrected chi connectivity index (χ4v) is 4.44. The average Bonchev–Trinajstić information content (AvgIpc) is 2.73. The largest absolute Gasteiger partial charge is 0.345 e. The van der Waals surface area contributed by atoms with Gasteiger partial charge in [0.1, 0.15) is 0 Å². The van der Waals surface area contributed by atoms with Crippen LogP contribution in [0.1, 0.15) is 46.4 Å². The quantitative estimate of drug-likeness (QED) is 0.563. The molecule has 156 valence electrons. The first-order valence-corrected chi connectivity index (χ1v) is 11.3. The fraction of sp³-hybridized carbons (Fsp3) is 0.208. The standard InChI is InChI=1S/C24H26N2O3S/c1-4-23(22-15-10-17(2)16-18(22)3)25-24(27)19-11-13-20(14-12-19)26-30(28,29)21-8-6-5-7-9-21/h5-16,23,26H,4H2,1-3H3,(H,25,27)/t23-/m1/s1. The lowest BCUT2D eigenvalue weighted by Gasteiger charge is -2.20. The maximum atomic E-state index is 12.7. The van der Waals surface area contributed by atoms with Crippen LogP contribution in [0.25, 0.3) is 0 Å². The predicted molar refractivity (Wildman–Crippen MR) is 120 cm³/mol. The van der Waals surface area contributed by atoms with Gasteiger partial charge in [0.2, 0.25) is 0 Å². The number of carbonyl (C=O) groups excluding carboxylic acids is 1. The zero-order valence-corrected chi connectivity index (χ0v) is 18.2. The van der Waals surface area contributed by atoms with Crippen LogP contribution in [0.15, 0.2) is 77.7 Å². The fourth-order valence-electron chi connectivity index (χ4n) is 3.36. The highest BCUT2D eigenvalue weighted by atomic mass is 32.2. The molecule has 0 bridgehead atoms. The minimum absolute atomic E-state index is 0.0886. The van der Waals surface area contributed by atoms with E-state index in [0.717, 1.165) is 17.5 Å². The van der Waals surface area contributed by atoms with Gasteiger partial charge in [-0.15, -0.1) is 0 Å². The second-order valence-corrected chi connectivity index (χ2v) is 8.97. The Hall–Kier alpha value is -3.12. The van der Waals surface area contributed by atoms with Gasteiger partial charge < -0.3 is 5.32 Å². The molecule has 0 radical (unpaired) electrons. The molecule has 6 heteroatoms. The van der Waals surface area contributed by atoms with Gasteiger partial charge in [-0.1, -0.05) is 48.9 Å². The van der Waals surface area contributed by atoms with Crippen LogP contribution in [0.5, 0.6) is 0 Å². The van der Waals surface area contributed by atoms with Gasteiger partial charge >= 0.3 is 0 Å². The van der Waals surface area contributed by atoms with Crippen LogP contribution in [0.2, 0.25) is 0 Å². The second kappa shape index (κ2) is 9.13. The molecule has 5 nitrogen and oxygen atoms in total. The lowest BCUT2D eigenvalue weighted by atomic mass is 9.97. The smallest absolute Gasteiger partial charge is 0.261 e. The molecule has 0 unspecified atom stereocenters. The third-order valence-electron chi connectivity index (χ3n) is 4.97. The summed E-state index contributed by atoms with van der Waals surface area (Å²) in [6.07, 6.45) is 0.768. The van der Waals surface area contributed by atoms with Gasteiger partial charge in [-0.2, -0.15) is 0 Å². The first kappa shape index (κ1) is 21.6. The van der Waals surface area contributed by atoms with Gasteiger partial charge in [-0.25, -0.2) is 8.42 Å². The van der Waals surface area contributed by atoms with Gasteiger partial charge in [0.15, 0.2) is 0 Å². The summed E-state index contributed by atoms with van der Waals surface area (Å²) >= 11 is 0. The minimum atomic E-state index is -3.66. The highest BCUT2D eigenvalue weighted by Crippen LogP contribution is 2.23. The summed E-state index contributed by atoms with van der Waals surface area (Å²) in [5.41, 5.74) is 4.31. The van der Waals surface area contributed by atoms with Gasteiger partial charge in [0, 0.05) is 11.3 Å². The van der Waals surface area contributed by atoms with Gasteiger partial charge in [-0.05, 0) is 67.8 Å². The van der Waals surface area contributed by atoms with Crippen molar-refractivity contribution < 1.29 is 13.2 Å². The summed E-state index contributed by atoms with van der Waals surface area (Å²) in [4.78, 5) is 12.9. The number of anilines is 1. The molecule has 3 rings (SSSR count). The van der Waals surface area contributed by atoms with Crippen molar-refractivity contribution in [2.75, 3.05) is 4.72 Å². The molecule has 0 spiro atoms. The molecule has 0 heterocycles. The van der Waals surface area contributed by atoms with Crippen LogP contribution in [0.4, 0.5) is 5.69 Å². The zero-order chi connectivity index (χ0) is 21.7. The van der Waals surface area contributed by atoms with Crippen molar-refractivity contribution in [1.29, 1.82) is 0 Å². The Labute approximate surface area is 178 Å². The first-order valence-electron chi connectivity index (χ1n) is 9.86. The molecule has 0 saturated carbocycles. The third-order valence-corrected chi connectivity index (χ3v) is 6.36. The Morgan fingerprint density at radius 2 is 1.60 bits per heavy atom. The minimum Gasteiger partial charge on any atom is -0.345 e. The number of hydrogen-bond donors (Lipinski definition) is 2. The predicted octanol–water partition coefficient (Wildman–Crippen LogP) is 4.99. The highest BCUT2D eigenvalue weighted by molar-refractivity contribution is 7.92. The Morgan fingerprint density at radius 3 is 2.20 bits per heavy atom. The number of hydrogen-bond acceptors (Lipinski definition) is 3. The number of sulfonamides is 1. The van der Waals surface area contributed by atoms with E-state index >= 15 is 0 Å². The zero-order valence-electron chi connectivity index (χ0n) is 17.3. The molecule has 0 aliphatic heterocycles. The summed E-state index contributed by atoms with van der Waals surface area (Å²) < 4.78 is 27.4. The molecule has 0 aromatic heterocycles. The van der Waals surface area contributed by atoms with E-state index in [1.54, 1.807) is 42.5 Å². The molecule has 3 aromatic rings. The van der Waals surface area contributed by atoms with E-state index in [1.807, 2.05) is 26.8 Å². The Bertz CT molecular complexity index is 1120. The SMILES string of the molecule is CC[C@@H](NC(=O)c1ccc(NS(=O)(=O)c2ccccc2)cc1)c1ccc(C)cc1C. The Kier molecular flexibility index (Phi) is 6.57. The normalized spacial score (nSPS) is 12.2. The Morgan fingerprint density at radius 1 is 0.933 bits per heavy atom. The van der Waals surface area contributed by atoms with E-state index in [9.17, 15) is 13.2 Å². The van der Waals surface area contributed by atoms with Crippen LogP contribution >= 0.6 is 0 Å². The summed E-state index contributed by atoms with van der Waals surface area (Å²) in [5, 5.41) is 3.08. The molecule has 2 N–H and O–H groups in total. The van der Waals surface area contributed by atoms with E-state index in [0.29, 0.717) is 11.3 Å². The van der Waals surface area contributed by atoms with Crippen molar-refractivity contribution >= 4 is 21.6 Å². The molecule has 0 fully saturated rings. The van der Waals surface area contributed by atoms with E-state index in [-0.39, 0.29) is 16.8 Å². The monoisotopic (exact) mass is 422 g/mol. The molecule has 3 aromatic carbocycles. The van der Waals surface area contributed by atoms with Crippen molar-refractivity contribution in [2.24, 2.45) is 0 Å². The first-order chi connectivity index (χ1) is 14.3. The third kappa shape index (κ3) is 5.07.